The summed E-state index contributed by atoms with van der Waals surface area (Å²) in [5.41, 5.74) is -0.121. The molecule has 2 aromatic rings. The second-order valence-electron chi connectivity index (χ2n) is 4.65. The number of hydrogen-bond donors (Lipinski definition) is 1. The van der Waals surface area contributed by atoms with Gasteiger partial charge in [-0.2, -0.15) is 0 Å². The van der Waals surface area contributed by atoms with E-state index in [0.29, 0.717) is 23.0 Å². The zero-order valence-electron chi connectivity index (χ0n) is 9.96. The number of nitrogens with one attached hydrogen (secondary N) is 1. The summed E-state index contributed by atoms with van der Waals surface area (Å²) in [7, 11) is -2.94. The van der Waals surface area contributed by atoms with E-state index in [-0.39, 0.29) is 23.1 Å². The van der Waals surface area contributed by atoms with Crippen molar-refractivity contribution in [3.63, 3.8) is 0 Å². The van der Waals surface area contributed by atoms with Gasteiger partial charge in [0, 0.05) is 6.04 Å². The van der Waals surface area contributed by atoms with Crippen molar-refractivity contribution in [3.05, 3.63) is 26.6 Å². The molecule has 0 bridgehead atoms. The summed E-state index contributed by atoms with van der Waals surface area (Å²) in [6, 6.07) is 1.65. The minimum atomic E-state index is -2.94. The Kier molecular flexibility index (Phi) is 3.11. The molecule has 1 saturated heterocycles. The molecule has 0 amide bonds. The van der Waals surface area contributed by atoms with Crippen LogP contribution in [0.3, 0.4) is 0 Å². The smallest absolute Gasteiger partial charge is 0.263 e. The number of aromatic nitrogens is 2. The van der Waals surface area contributed by atoms with Crippen molar-refractivity contribution in [2.24, 2.45) is 0 Å². The molecule has 1 aliphatic rings. The molecule has 0 aromatic carbocycles. The summed E-state index contributed by atoms with van der Waals surface area (Å²) in [6.07, 6.45) is 0.907. The van der Waals surface area contributed by atoms with E-state index in [4.69, 9.17) is 12.2 Å². The molecule has 1 fully saturated rings. The van der Waals surface area contributed by atoms with Gasteiger partial charge in [0.25, 0.3) is 5.56 Å². The molecule has 2 aromatic heterocycles. The molecule has 5 nitrogen and oxygen atoms in total. The first-order chi connectivity index (χ1) is 8.98. The predicted molar refractivity (Wildman–Crippen MR) is 78.2 cm³/mol. The maximum Gasteiger partial charge on any atom is 0.263 e. The van der Waals surface area contributed by atoms with Crippen molar-refractivity contribution in [3.8, 4) is 0 Å². The van der Waals surface area contributed by atoms with Crippen LogP contribution in [-0.4, -0.2) is 29.5 Å². The highest BCUT2D eigenvalue weighted by Crippen LogP contribution is 2.24. The Morgan fingerprint density at radius 1 is 1.37 bits per heavy atom. The monoisotopic (exact) mass is 316 g/mol. The van der Waals surface area contributed by atoms with E-state index in [1.807, 2.05) is 5.38 Å². The van der Waals surface area contributed by atoms with Crippen molar-refractivity contribution in [2.75, 3.05) is 11.5 Å². The normalized spacial score (nSPS) is 19.8. The molecular formula is C11H12N2O3S3. The molecule has 3 heterocycles. The maximum absolute atomic E-state index is 12.4. The fraction of sp³-hybridized carbons (Fsp3) is 0.455. The van der Waals surface area contributed by atoms with Gasteiger partial charge in [0.1, 0.15) is 14.7 Å². The zero-order valence-corrected chi connectivity index (χ0v) is 12.4. The summed E-state index contributed by atoms with van der Waals surface area (Å²) < 4.78 is 24.8. The maximum atomic E-state index is 12.4. The summed E-state index contributed by atoms with van der Waals surface area (Å²) >= 11 is 6.67. The average Bonchev–Trinajstić information content (AvgIpc) is 2.79. The first-order valence-electron chi connectivity index (χ1n) is 5.90. The fourth-order valence-electron chi connectivity index (χ4n) is 2.42. The molecule has 0 unspecified atom stereocenters. The first kappa shape index (κ1) is 13.0. The molecule has 0 atom stereocenters. The Morgan fingerprint density at radius 2 is 2.05 bits per heavy atom. The quantitative estimate of drug-likeness (QED) is 0.815. The van der Waals surface area contributed by atoms with Crippen molar-refractivity contribution in [1.82, 2.24) is 9.55 Å². The minimum Gasteiger partial charge on any atom is -0.323 e. The number of H-pyrrole nitrogens is 1. The van der Waals surface area contributed by atoms with E-state index in [0.717, 1.165) is 4.83 Å². The van der Waals surface area contributed by atoms with Gasteiger partial charge in [0.2, 0.25) is 0 Å². The number of rotatable bonds is 1. The van der Waals surface area contributed by atoms with Gasteiger partial charge < -0.3 is 4.98 Å². The number of thiophene rings is 1. The van der Waals surface area contributed by atoms with Crippen LogP contribution in [0, 0.1) is 4.77 Å². The molecule has 1 N–H and O–H groups in total. The van der Waals surface area contributed by atoms with Crippen LogP contribution in [0.15, 0.2) is 16.2 Å². The summed E-state index contributed by atoms with van der Waals surface area (Å²) in [6.45, 7) is 0. The lowest BCUT2D eigenvalue weighted by Crippen LogP contribution is -2.32. The molecule has 19 heavy (non-hydrogen) atoms. The Balaban J connectivity index is 2.11. The van der Waals surface area contributed by atoms with Crippen LogP contribution in [0.1, 0.15) is 18.9 Å². The summed E-state index contributed by atoms with van der Waals surface area (Å²) in [5, 5.41) is 2.46. The highest BCUT2D eigenvalue weighted by atomic mass is 32.2. The predicted octanol–water partition coefficient (Wildman–Crippen LogP) is 1.87. The van der Waals surface area contributed by atoms with Gasteiger partial charge in [0.05, 0.1) is 16.9 Å². The number of nitrogens with zero attached hydrogens (tertiary/aromatic N) is 1. The first-order valence-corrected chi connectivity index (χ1v) is 9.01. The lowest BCUT2D eigenvalue weighted by molar-refractivity contribution is 0.432. The van der Waals surface area contributed by atoms with E-state index in [9.17, 15) is 13.2 Å². The SMILES string of the molecule is O=c1c2ccsc2[nH]c(=S)n1C1CCS(=O)(=O)CC1. The second-order valence-corrected chi connectivity index (χ2v) is 8.26. The van der Waals surface area contributed by atoms with Crippen LogP contribution in [0.25, 0.3) is 10.2 Å². The van der Waals surface area contributed by atoms with E-state index < -0.39 is 9.84 Å². The fourth-order valence-corrected chi connectivity index (χ4v) is 5.06. The molecule has 0 radical (unpaired) electrons. The van der Waals surface area contributed by atoms with Gasteiger partial charge in [-0.05, 0) is 36.5 Å². The van der Waals surface area contributed by atoms with Gasteiger partial charge in [0.15, 0.2) is 4.77 Å². The summed E-state index contributed by atoms with van der Waals surface area (Å²) in [4.78, 5) is 16.2. The molecule has 1 aliphatic heterocycles. The van der Waals surface area contributed by atoms with Crippen LogP contribution >= 0.6 is 23.6 Å². The Hall–Kier alpha value is -0.990. The zero-order chi connectivity index (χ0) is 13.6. The Labute approximate surface area is 118 Å². The van der Waals surface area contributed by atoms with Crippen LogP contribution in [0.2, 0.25) is 0 Å². The Morgan fingerprint density at radius 3 is 2.74 bits per heavy atom. The molecule has 0 spiro atoms. The third kappa shape index (κ3) is 2.28. The van der Waals surface area contributed by atoms with Crippen molar-refractivity contribution >= 4 is 43.6 Å². The molecule has 8 heteroatoms. The van der Waals surface area contributed by atoms with Crippen LogP contribution < -0.4 is 5.56 Å². The van der Waals surface area contributed by atoms with Gasteiger partial charge >= 0.3 is 0 Å². The minimum absolute atomic E-state index is 0.121. The third-order valence-corrected chi connectivity index (χ3v) is 6.29. The third-order valence-electron chi connectivity index (χ3n) is 3.44. The van der Waals surface area contributed by atoms with Gasteiger partial charge in [-0.15, -0.1) is 11.3 Å². The number of sulfone groups is 1. The van der Waals surface area contributed by atoms with Gasteiger partial charge in [-0.3, -0.25) is 9.36 Å². The van der Waals surface area contributed by atoms with Crippen molar-refractivity contribution < 1.29 is 8.42 Å². The standard InChI is InChI=1S/C11H12N2O3S3/c14-10-8-1-4-18-9(8)12-11(17)13(10)7-2-5-19(15,16)6-3-7/h1,4,7H,2-3,5-6H2,(H,12,17). The highest BCUT2D eigenvalue weighted by Gasteiger charge is 2.26. The molecule has 102 valence electrons. The average molecular weight is 316 g/mol. The van der Waals surface area contributed by atoms with Crippen LogP contribution in [0.5, 0.6) is 0 Å². The van der Waals surface area contributed by atoms with E-state index >= 15 is 0 Å². The molecule has 0 aliphatic carbocycles. The van der Waals surface area contributed by atoms with Crippen molar-refractivity contribution in [1.29, 1.82) is 0 Å². The van der Waals surface area contributed by atoms with Crippen LogP contribution in [-0.2, 0) is 9.84 Å². The molecule has 0 saturated carbocycles. The van der Waals surface area contributed by atoms with E-state index in [1.165, 1.54) is 11.3 Å². The van der Waals surface area contributed by atoms with Gasteiger partial charge in [-0.25, -0.2) is 8.42 Å². The lowest BCUT2D eigenvalue weighted by atomic mass is 10.1. The molecular weight excluding hydrogens is 304 g/mol. The summed E-state index contributed by atoms with van der Waals surface area (Å²) in [5.74, 6) is 0.251. The highest BCUT2D eigenvalue weighted by molar-refractivity contribution is 7.91. The van der Waals surface area contributed by atoms with E-state index in [1.54, 1.807) is 10.6 Å². The van der Waals surface area contributed by atoms with Crippen molar-refractivity contribution in [2.45, 2.75) is 18.9 Å². The lowest BCUT2D eigenvalue weighted by Gasteiger charge is -2.23. The molecule has 3 rings (SSSR count). The van der Waals surface area contributed by atoms with Crippen LogP contribution in [0.4, 0.5) is 0 Å². The topological polar surface area (TPSA) is 71.9 Å². The van der Waals surface area contributed by atoms with E-state index in [2.05, 4.69) is 4.98 Å². The largest absolute Gasteiger partial charge is 0.323 e. The second kappa shape index (κ2) is 4.53. The van der Waals surface area contributed by atoms with Gasteiger partial charge in [-0.1, -0.05) is 0 Å². The number of fused-ring (bicyclic) bond motifs is 1. The number of aromatic amines is 1. The Bertz CT molecular complexity index is 830. The number of hydrogen-bond acceptors (Lipinski definition) is 5.